The molecule has 0 aliphatic rings. The van der Waals surface area contributed by atoms with Crippen molar-refractivity contribution >= 4 is 21.9 Å². The Hall–Kier alpha value is -0.180. The number of hydrogen-bond donors (Lipinski definition) is 0. The van der Waals surface area contributed by atoms with E-state index in [2.05, 4.69) is 0 Å². The molecule has 0 aliphatic heterocycles. The summed E-state index contributed by atoms with van der Waals surface area (Å²) in [5.74, 6) is 0. The Kier molecular flexibility index (Phi) is 1.26. The number of halogens is 5. The molecule has 0 saturated carbocycles. The summed E-state index contributed by atoms with van der Waals surface area (Å²) in [6.07, 6.45) is 0. The molecule has 0 aliphatic carbocycles. The Morgan fingerprint density at radius 2 is 1.44 bits per heavy atom. The van der Waals surface area contributed by atoms with Gasteiger partial charge >= 0.3 is 10.4 Å². The number of rotatable bonds is 1. The second-order valence-electron chi connectivity index (χ2n) is 1.08. The minimum atomic E-state index is -9.76. The smallest absolute Gasteiger partial charge is 0.190 e. The topological polar surface area (TPSA) is 29.4 Å². The third-order valence-electron chi connectivity index (χ3n) is 0.171. The van der Waals surface area contributed by atoms with Crippen molar-refractivity contribution in [2.24, 2.45) is 3.77 Å². The highest BCUT2D eigenvalue weighted by Crippen LogP contribution is 2.98. The van der Waals surface area contributed by atoms with E-state index in [4.69, 9.17) is 4.21 Å². The third kappa shape index (κ3) is 7.82. The zero-order chi connectivity index (χ0) is 7.82. The highest BCUT2D eigenvalue weighted by atomic mass is 32.5. The third-order valence-corrected chi connectivity index (χ3v) is 1.54. The molecule has 0 aromatic heterocycles. The molecule has 0 fully saturated rings. The van der Waals surface area contributed by atoms with Gasteiger partial charge in [-0.3, -0.25) is 0 Å². The zero-order valence-corrected chi connectivity index (χ0v) is 5.19. The molecule has 0 aromatic carbocycles. The first kappa shape index (κ1) is 8.82. The molecule has 0 N–H and O–H groups in total. The van der Waals surface area contributed by atoms with Crippen LogP contribution >= 0.6 is 10.4 Å². The Labute approximate surface area is 50.2 Å². The maximum atomic E-state index is 10.8. The molecule has 0 aromatic rings. The molecule has 0 atom stereocenters. The van der Waals surface area contributed by atoms with Gasteiger partial charge in [-0.2, -0.15) is 4.21 Å². The highest BCUT2D eigenvalue weighted by Gasteiger charge is 2.64. The lowest BCUT2D eigenvalue weighted by Gasteiger charge is -2.32. The van der Waals surface area contributed by atoms with Gasteiger partial charge in [0.15, 0.2) is 0 Å². The van der Waals surface area contributed by atoms with Gasteiger partial charge < -0.3 is 0 Å². The van der Waals surface area contributed by atoms with Gasteiger partial charge in [-0.25, -0.2) is 0 Å². The summed E-state index contributed by atoms with van der Waals surface area (Å²) in [5, 5.41) is 0. The molecule has 0 unspecified atom stereocenters. The van der Waals surface area contributed by atoms with E-state index >= 15 is 0 Å². The van der Waals surface area contributed by atoms with Crippen LogP contribution in [0, 0.1) is 0 Å². The summed E-state index contributed by atoms with van der Waals surface area (Å²) in [7, 11) is -9.76. The van der Waals surface area contributed by atoms with Crippen molar-refractivity contribution in [3.8, 4) is 0 Å². The first-order valence-corrected chi connectivity index (χ1v) is 3.91. The first-order chi connectivity index (χ1) is 3.54. The second kappa shape index (κ2) is 1.29. The predicted molar refractivity (Wildman–Crippen MR) is 23.7 cm³/mol. The predicted octanol–water partition coefficient (Wildman–Crippen LogP) is 2.60. The fourth-order valence-corrected chi connectivity index (χ4v) is 0.518. The quantitative estimate of drug-likeness (QED) is 0.583. The van der Waals surface area contributed by atoms with Crippen LogP contribution in [0.2, 0.25) is 0 Å². The normalized spacial score (nSPS) is 19.7. The lowest BCUT2D eigenvalue weighted by atomic mass is 13.9. The van der Waals surface area contributed by atoms with E-state index in [9.17, 15) is 19.4 Å². The van der Waals surface area contributed by atoms with E-state index < -0.39 is 21.9 Å². The van der Waals surface area contributed by atoms with Crippen LogP contribution < -0.4 is 0 Å². The molecule has 0 rings (SSSR count). The van der Waals surface area contributed by atoms with E-state index in [1.165, 1.54) is 0 Å². The summed E-state index contributed by atoms with van der Waals surface area (Å²) >= 11 is -1.54. The van der Waals surface area contributed by atoms with E-state index in [1.54, 1.807) is 0 Å². The van der Waals surface area contributed by atoms with Crippen molar-refractivity contribution < 1.29 is 23.6 Å². The molecule has 0 heterocycles. The monoisotopic (exact) mass is 189 g/mol. The molecule has 58 valence electrons. The lowest BCUT2D eigenvalue weighted by Crippen LogP contribution is -1.97. The van der Waals surface area contributed by atoms with Crippen molar-refractivity contribution in [3.63, 3.8) is 0 Å². The van der Waals surface area contributed by atoms with Crippen LogP contribution in [-0.2, 0) is 11.5 Å². The van der Waals surface area contributed by atoms with Crippen molar-refractivity contribution in [1.82, 2.24) is 0 Å². The Balaban J connectivity index is 4.99. The van der Waals surface area contributed by atoms with E-state index in [0.29, 0.717) is 3.77 Å². The number of nitrogens with zero attached hydrogens (tertiary/aromatic N) is 1. The van der Waals surface area contributed by atoms with E-state index in [-0.39, 0.29) is 0 Å². The van der Waals surface area contributed by atoms with Crippen LogP contribution in [-0.4, -0.2) is 4.21 Å². The summed E-state index contributed by atoms with van der Waals surface area (Å²) in [6.45, 7) is 0. The fourth-order valence-electron chi connectivity index (χ4n) is 0.0575. The van der Waals surface area contributed by atoms with Gasteiger partial charge in [0, 0.05) is 0 Å². The zero-order valence-electron chi connectivity index (χ0n) is 3.56. The lowest BCUT2D eigenvalue weighted by molar-refractivity contribution is 0.368. The van der Waals surface area contributed by atoms with Crippen LogP contribution in [0.25, 0.3) is 0 Å². The Morgan fingerprint density at radius 3 is 1.44 bits per heavy atom. The van der Waals surface area contributed by atoms with Crippen molar-refractivity contribution in [2.75, 3.05) is 0 Å². The fraction of sp³-hybridized carbons (Fsp3) is 0. The highest BCUT2D eigenvalue weighted by molar-refractivity contribution is 8.45. The van der Waals surface area contributed by atoms with Gasteiger partial charge in [0.25, 0.3) is 0 Å². The van der Waals surface area contributed by atoms with Crippen LogP contribution in [0.4, 0.5) is 19.4 Å². The summed E-state index contributed by atoms with van der Waals surface area (Å²) in [4.78, 5) is 0. The summed E-state index contributed by atoms with van der Waals surface area (Å²) < 4.78 is 63.7. The van der Waals surface area contributed by atoms with Gasteiger partial charge in [-0.15, -0.1) is 0 Å². The van der Waals surface area contributed by atoms with Gasteiger partial charge in [-0.1, -0.05) is 19.4 Å². The van der Waals surface area contributed by atoms with Gasteiger partial charge in [0.2, 0.25) is 11.5 Å². The molecule has 0 spiro atoms. The first-order valence-electron chi connectivity index (χ1n) is 1.30. The summed E-state index contributed by atoms with van der Waals surface area (Å²) in [6, 6.07) is 0. The molecule has 0 saturated heterocycles. The average Bonchev–Trinajstić information content (AvgIpc) is 1.22. The molecule has 9 heavy (non-hydrogen) atoms. The molecule has 0 radical (unpaired) electrons. The summed E-state index contributed by atoms with van der Waals surface area (Å²) in [5.41, 5.74) is 0. The van der Waals surface area contributed by atoms with Crippen molar-refractivity contribution in [1.29, 1.82) is 0 Å². The van der Waals surface area contributed by atoms with Gasteiger partial charge in [-0.05, 0) is 3.77 Å². The van der Waals surface area contributed by atoms with Crippen LogP contribution in [0.15, 0.2) is 3.77 Å². The molecular formula is F5NOS2. The second-order valence-corrected chi connectivity index (χ2v) is 3.68. The van der Waals surface area contributed by atoms with E-state index in [0.717, 1.165) is 0 Å². The molecule has 0 bridgehead atoms. The molecule has 0 amide bonds. The molecule has 2 nitrogen and oxygen atoms in total. The van der Waals surface area contributed by atoms with Gasteiger partial charge in [0.05, 0.1) is 0 Å². The minimum Gasteiger partial charge on any atom is -0.190 e. The minimum absolute atomic E-state index is 0.667. The standard InChI is InChI=1S/F5NOS2/c1-9(2,3,4,5)6-8-7. The maximum absolute atomic E-state index is 10.8. The average molecular weight is 189 g/mol. The SMILES string of the molecule is O=S=NS(F)(F)(F)(F)F. The Morgan fingerprint density at radius 1 is 1.11 bits per heavy atom. The van der Waals surface area contributed by atoms with Crippen molar-refractivity contribution in [3.05, 3.63) is 0 Å². The molecule has 9 heteroatoms. The van der Waals surface area contributed by atoms with E-state index in [1.807, 2.05) is 0 Å². The largest absolute Gasteiger partial charge is 0.394 e. The van der Waals surface area contributed by atoms with Crippen LogP contribution in [0.1, 0.15) is 0 Å². The van der Waals surface area contributed by atoms with Gasteiger partial charge in [0.1, 0.15) is 0 Å². The Bertz CT molecular complexity index is 168. The number of hydrogen-bond acceptors (Lipinski definition) is 2. The van der Waals surface area contributed by atoms with Crippen LogP contribution in [0.3, 0.4) is 0 Å². The van der Waals surface area contributed by atoms with Crippen molar-refractivity contribution in [2.45, 2.75) is 0 Å². The maximum Gasteiger partial charge on any atom is 0.394 e. The molecular weight excluding hydrogens is 189 g/mol. The van der Waals surface area contributed by atoms with Crippen LogP contribution in [0.5, 0.6) is 0 Å².